The highest BCUT2D eigenvalue weighted by Gasteiger charge is 2.15. The van der Waals surface area contributed by atoms with Crippen LogP contribution >= 0.6 is 11.8 Å². The smallest absolute Gasteiger partial charge is 0.237 e. The molecule has 9 heteroatoms. The van der Waals surface area contributed by atoms with E-state index in [1.165, 1.54) is 11.8 Å². The molecule has 0 spiro atoms. The lowest BCUT2D eigenvalue weighted by atomic mass is 10.2. The lowest BCUT2D eigenvalue weighted by Gasteiger charge is -2.09. The Balaban J connectivity index is 1.47. The summed E-state index contributed by atoms with van der Waals surface area (Å²) in [6.07, 6.45) is 0. The van der Waals surface area contributed by atoms with Crippen LogP contribution in [-0.4, -0.2) is 38.6 Å². The molecule has 0 bridgehead atoms. The topological polar surface area (TPSA) is 88.1 Å². The molecule has 2 aromatic heterocycles. The predicted molar refractivity (Wildman–Crippen MR) is 113 cm³/mol. The quantitative estimate of drug-likeness (QED) is 0.387. The number of hydrogen-bond acceptors (Lipinski definition) is 8. The van der Waals surface area contributed by atoms with Crippen LogP contribution in [0.15, 0.2) is 58.2 Å². The number of hydrogen-bond donors (Lipinski definition) is 0. The average Bonchev–Trinajstić information content (AvgIpc) is 3.40. The highest BCUT2D eigenvalue weighted by Crippen LogP contribution is 2.27. The monoisotopic (exact) mass is 423 g/mol. The zero-order valence-corrected chi connectivity index (χ0v) is 17.7. The Hall–Kier alpha value is -3.33. The molecule has 2 aromatic carbocycles. The van der Waals surface area contributed by atoms with Gasteiger partial charge in [-0.3, -0.25) is 4.57 Å². The third kappa shape index (κ3) is 4.30. The predicted octanol–water partition coefficient (Wildman–Crippen LogP) is 4.33. The molecule has 0 N–H and O–H groups in total. The van der Waals surface area contributed by atoms with E-state index in [4.69, 9.17) is 14.0 Å². The van der Waals surface area contributed by atoms with Gasteiger partial charge in [0.1, 0.15) is 17.3 Å². The van der Waals surface area contributed by atoms with Gasteiger partial charge in [0.25, 0.3) is 0 Å². The molecular formula is C21H21N5O3S. The molecule has 2 heterocycles. The molecule has 0 aliphatic rings. The van der Waals surface area contributed by atoms with Crippen LogP contribution in [0.4, 0.5) is 0 Å². The summed E-state index contributed by atoms with van der Waals surface area (Å²) < 4.78 is 18.1. The molecule has 0 atom stereocenters. The Morgan fingerprint density at radius 1 is 1.00 bits per heavy atom. The van der Waals surface area contributed by atoms with E-state index >= 15 is 0 Å². The van der Waals surface area contributed by atoms with Gasteiger partial charge < -0.3 is 14.0 Å². The van der Waals surface area contributed by atoms with Gasteiger partial charge in [0.2, 0.25) is 11.7 Å². The van der Waals surface area contributed by atoms with Gasteiger partial charge in [-0.1, -0.05) is 16.9 Å². The first kappa shape index (κ1) is 20.0. The summed E-state index contributed by atoms with van der Waals surface area (Å²) in [5, 5.41) is 13.3. The van der Waals surface area contributed by atoms with Crippen molar-refractivity contribution in [2.75, 3.05) is 13.7 Å². The molecule has 8 nitrogen and oxygen atoms in total. The fourth-order valence-electron chi connectivity index (χ4n) is 2.89. The second-order valence-corrected chi connectivity index (χ2v) is 7.26. The number of ether oxygens (including phenoxy) is 2. The highest BCUT2D eigenvalue weighted by atomic mass is 32.2. The molecule has 4 rings (SSSR count). The fraction of sp³-hybridized carbons (Fsp3) is 0.238. The largest absolute Gasteiger partial charge is 0.497 e. The summed E-state index contributed by atoms with van der Waals surface area (Å²) in [6, 6.07) is 15.4. The number of aromatic nitrogens is 5. The lowest BCUT2D eigenvalue weighted by molar-refractivity contribution is 0.340. The van der Waals surface area contributed by atoms with Gasteiger partial charge in [0.15, 0.2) is 5.16 Å². The minimum absolute atomic E-state index is 0.484. The zero-order chi connectivity index (χ0) is 20.9. The van der Waals surface area contributed by atoms with Crippen LogP contribution in [-0.2, 0) is 5.75 Å². The van der Waals surface area contributed by atoms with Crippen molar-refractivity contribution in [2.45, 2.75) is 24.8 Å². The van der Waals surface area contributed by atoms with Crippen LogP contribution in [0.1, 0.15) is 18.6 Å². The summed E-state index contributed by atoms with van der Waals surface area (Å²) in [5.41, 5.74) is 1.83. The highest BCUT2D eigenvalue weighted by molar-refractivity contribution is 7.98. The number of rotatable bonds is 8. The van der Waals surface area contributed by atoms with E-state index in [9.17, 15) is 0 Å². The van der Waals surface area contributed by atoms with E-state index in [-0.39, 0.29) is 0 Å². The zero-order valence-electron chi connectivity index (χ0n) is 16.9. The third-order valence-corrected chi connectivity index (χ3v) is 5.26. The van der Waals surface area contributed by atoms with Crippen molar-refractivity contribution < 1.29 is 14.0 Å². The van der Waals surface area contributed by atoms with Crippen molar-refractivity contribution in [1.29, 1.82) is 0 Å². The molecule has 0 fully saturated rings. The second kappa shape index (κ2) is 9.00. The minimum Gasteiger partial charge on any atom is -0.497 e. The SMILES string of the molecule is CCOc1ccc(-n2c(C)nnc2SCc2nc(-c3ccc(OC)cc3)no2)cc1. The van der Waals surface area contributed by atoms with Crippen LogP contribution < -0.4 is 9.47 Å². The number of aryl methyl sites for hydroxylation is 1. The summed E-state index contributed by atoms with van der Waals surface area (Å²) >= 11 is 1.49. The normalized spacial score (nSPS) is 10.9. The number of methoxy groups -OCH3 is 1. The summed E-state index contributed by atoms with van der Waals surface area (Å²) in [4.78, 5) is 4.48. The van der Waals surface area contributed by atoms with Gasteiger partial charge >= 0.3 is 0 Å². The standard InChI is InChI=1S/C21H21N5O3S/c1-4-28-18-11-7-16(8-12-18)26-14(2)23-24-21(26)30-13-19-22-20(25-29-19)15-5-9-17(27-3)10-6-15/h5-12H,4,13H2,1-3H3. The molecular weight excluding hydrogens is 402 g/mol. The van der Waals surface area contributed by atoms with Gasteiger partial charge in [-0.15, -0.1) is 10.2 Å². The molecule has 0 unspecified atom stereocenters. The Bertz CT molecular complexity index is 1110. The van der Waals surface area contributed by atoms with Crippen molar-refractivity contribution in [3.63, 3.8) is 0 Å². The Morgan fingerprint density at radius 3 is 2.43 bits per heavy atom. The van der Waals surface area contributed by atoms with Crippen molar-refractivity contribution in [3.8, 4) is 28.6 Å². The van der Waals surface area contributed by atoms with E-state index < -0.39 is 0 Å². The Kier molecular flexibility index (Phi) is 5.99. The van der Waals surface area contributed by atoms with Gasteiger partial charge in [0, 0.05) is 11.3 Å². The van der Waals surface area contributed by atoms with Gasteiger partial charge in [-0.2, -0.15) is 4.98 Å². The number of thioether (sulfide) groups is 1. The van der Waals surface area contributed by atoms with Crippen LogP contribution in [0.5, 0.6) is 11.5 Å². The van der Waals surface area contributed by atoms with Crippen LogP contribution in [0.3, 0.4) is 0 Å². The van der Waals surface area contributed by atoms with E-state index in [1.54, 1.807) is 7.11 Å². The summed E-state index contributed by atoms with van der Waals surface area (Å²) in [6.45, 7) is 4.51. The van der Waals surface area contributed by atoms with Gasteiger partial charge in [0.05, 0.1) is 19.5 Å². The molecule has 0 saturated carbocycles. The maximum absolute atomic E-state index is 5.52. The first-order chi connectivity index (χ1) is 14.7. The second-order valence-electron chi connectivity index (χ2n) is 6.32. The Morgan fingerprint density at radius 2 is 1.73 bits per heavy atom. The fourth-order valence-corrected chi connectivity index (χ4v) is 3.72. The van der Waals surface area contributed by atoms with E-state index in [1.807, 2.05) is 66.9 Å². The molecule has 4 aromatic rings. The molecule has 0 radical (unpaired) electrons. The molecule has 154 valence electrons. The number of nitrogens with zero attached hydrogens (tertiary/aromatic N) is 5. The van der Waals surface area contributed by atoms with Crippen molar-refractivity contribution in [3.05, 3.63) is 60.2 Å². The van der Waals surface area contributed by atoms with Crippen LogP contribution in [0, 0.1) is 6.92 Å². The van der Waals surface area contributed by atoms with Crippen LogP contribution in [0.2, 0.25) is 0 Å². The van der Waals surface area contributed by atoms with Crippen molar-refractivity contribution >= 4 is 11.8 Å². The van der Waals surface area contributed by atoms with Gasteiger partial charge in [-0.05, 0) is 62.4 Å². The maximum Gasteiger partial charge on any atom is 0.237 e. The van der Waals surface area contributed by atoms with Crippen molar-refractivity contribution in [1.82, 2.24) is 24.9 Å². The van der Waals surface area contributed by atoms with E-state index in [0.717, 1.165) is 33.7 Å². The maximum atomic E-state index is 5.52. The molecule has 0 amide bonds. The summed E-state index contributed by atoms with van der Waals surface area (Å²) in [5.74, 6) is 3.95. The average molecular weight is 423 g/mol. The number of benzene rings is 2. The third-order valence-electron chi connectivity index (χ3n) is 4.34. The van der Waals surface area contributed by atoms with Crippen molar-refractivity contribution in [2.24, 2.45) is 0 Å². The Labute approximate surface area is 178 Å². The van der Waals surface area contributed by atoms with Gasteiger partial charge in [-0.25, -0.2) is 0 Å². The van der Waals surface area contributed by atoms with Crippen LogP contribution in [0.25, 0.3) is 17.1 Å². The van der Waals surface area contributed by atoms with E-state index in [2.05, 4.69) is 20.3 Å². The summed E-state index contributed by atoms with van der Waals surface area (Å²) in [7, 11) is 1.63. The first-order valence-electron chi connectivity index (χ1n) is 9.43. The minimum atomic E-state index is 0.484. The first-order valence-corrected chi connectivity index (χ1v) is 10.4. The molecule has 30 heavy (non-hydrogen) atoms. The molecule has 0 aliphatic carbocycles. The van der Waals surface area contributed by atoms with E-state index in [0.29, 0.717) is 24.1 Å². The lowest BCUT2D eigenvalue weighted by Crippen LogP contribution is -2.00. The molecule has 0 saturated heterocycles. The molecule has 0 aliphatic heterocycles.